The number of hydrogen-bond acceptors (Lipinski definition) is 4. The summed E-state index contributed by atoms with van der Waals surface area (Å²) >= 11 is 0. The molecule has 0 aliphatic rings. The minimum absolute atomic E-state index is 0.795. The second kappa shape index (κ2) is 4.10. The number of fused-ring (bicyclic) bond motifs is 1. The average molecular weight is 239 g/mol. The molecule has 3 aromatic rings. The predicted octanol–water partition coefficient (Wildman–Crippen LogP) is 2.42. The van der Waals surface area contributed by atoms with E-state index in [-0.39, 0.29) is 0 Å². The fourth-order valence-corrected chi connectivity index (χ4v) is 1.84. The van der Waals surface area contributed by atoms with Crippen LogP contribution in [0.5, 0.6) is 0 Å². The minimum atomic E-state index is 0.795. The zero-order valence-electron chi connectivity index (χ0n) is 10.3. The maximum atomic E-state index is 4.29. The topological polar surface area (TPSA) is 55.6 Å². The summed E-state index contributed by atoms with van der Waals surface area (Å²) in [5, 5.41) is 4.28. The summed E-state index contributed by atoms with van der Waals surface area (Å²) in [5.74, 6) is 2.66. The van der Waals surface area contributed by atoms with Crippen LogP contribution in [0.1, 0.15) is 5.82 Å². The van der Waals surface area contributed by atoms with Gasteiger partial charge < -0.3 is 9.88 Å². The molecule has 0 aliphatic carbocycles. The summed E-state index contributed by atoms with van der Waals surface area (Å²) in [7, 11) is 1.97. The lowest BCUT2D eigenvalue weighted by molar-refractivity contribution is 0.864. The van der Waals surface area contributed by atoms with Crippen LogP contribution in [0.3, 0.4) is 0 Å². The minimum Gasteiger partial charge on any atom is -0.324 e. The van der Waals surface area contributed by atoms with Crippen LogP contribution in [0.25, 0.3) is 10.9 Å². The number of nitrogens with zero attached hydrogens (tertiary/aromatic N) is 4. The molecule has 0 unspecified atom stereocenters. The highest BCUT2D eigenvalue weighted by molar-refractivity contribution is 5.90. The van der Waals surface area contributed by atoms with Gasteiger partial charge in [0.1, 0.15) is 23.8 Å². The van der Waals surface area contributed by atoms with Gasteiger partial charge >= 0.3 is 0 Å². The number of aromatic nitrogens is 4. The predicted molar refractivity (Wildman–Crippen MR) is 70.8 cm³/mol. The third kappa shape index (κ3) is 1.69. The van der Waals surface area contributed by atoms with Crippen molar-refractivity contribution in [1.82, 2.24) is 19.5 Å². The Morgan fingerprint density at radius 1 is 1.11 bits per heavy atom. The van der Waals surface area contributed by atoms with Crippen LogP contribution in [0.15, 0.2) is 36.8 Å². The highest BCUT2D eigenvalue weighted by atomic mass is 15.2. The zero-order chi connectivity index (χ0) is 12.5. The van der Waals surface area contributed by atoms with Gasteiger partial charge in [-0.2, -0.15) is 0 Å². The van der Waals surface area contributed by atoms with Crippen molar-refractivity contribution in [2.24, 2.45) is 7.05 Å². The first-order valence-electron chi connectivity index (χ1n) is 5.71. The van der Waals surface area contributed by atoms with Crippen molar-refractivity contribution in [3.8, 4) is 0 Å². The number of hydrogen-bond donors (Lipinski definition) is 1. The van der Waals surface area contributed by atoms with E-state index >= 15 is 0 Å². The van der Waals surface area contributed by atoms with E-state index in [4.69, 9.17) is 0 Å². The van der Waals surface area contributed by atoms with E-state index in [1.807, 2.05) is 42.8 Å². The van der Waals surface area contributed by atoms with E-state index in [9.17, 15) is 0 Å². The molecule has 2 aromatic heterocycles. The largest absolute Gasteiger partial charge is 0.324 e. The van der Waals surface area contributed by atoms with Crippen LogP contribution in [0, 0.1) is 6.92 Å². The number of benzene rings is 1. The van der Waals surface area contributed by atoms with Crippen LogP contribution in [0.2, 0.25) is 0 Å². The molecule has 2 heterocycles. The maximum absolute atomic E-state index is 4.29. The molecule has 18 heavy (non-hydrogen) atoms. The van der Waals surface area contributed by atoms with Crippen molar-refractivity contribution in [3.05, 3.63) is 42.6 Å². The Morgan fingerprint density at radius 2 is 1.94 bits per heavy atom. The van der Waals surface area contributed by atoms with Gasteiger partial charge in [0, 0.05) is 12.4 Å². The summed E-state index contributed by atoms with van der Waals surface area (Å²) in [5.41, 5.74) is 0.925. The second-order valence-corrected chi connectivity index (χ2v) is 4.11. The van der Waals surface area contributed by atoms with E-state index in [1.54, 1.807) is 12.5 Å². The molecule has 0 bridgehead atoms. The smallest absolute Gasteiger partial charge is 0.142 e. The molecule has 0 fully saturated rings. The van der Waals surface area contributed by atoms with E-state index < -0.39 is 0 Å². The van der Waals surface area contributed by atoms with Gasteiger partial charge in [0.25, 0.3) is 0 Å². The highest BCUT2D eigenvalue weighted by Gasteiger charge is 2.06. The molecule has 3 rings (SSSR count). The standard InChI is InChI=1S/C13H13N5/c1-9-14-7-12(18(9)2)17-13-10-5-3-4-6-11(10)15-8-16-13/h3-8H,1-2H3,(H,15,16,17). The summed E-state index contributed by atoms with van der Waals surface area (Å²) in [6.07, 6.45) is 3.36. The Balaban J connectivity index is 2.08. The van der Waals surface area contributed by atoms with Crippen LogP contribution in [-0.4, -0.2) is 19.5 Å². The third-order valence-corrected chi connectivity index (χ3v) is 3.01. The molecule has 0 amide bonds. The van der Waals surface area contributed by atoms with Crippen molar-refractivity contribution >= 4 is 22.5 Å². The molecule has 0 saturated heterocycles. The molecule has 5 nitrogen and oxygen atoms in total. The van der Waals surface area contributed by atoms with Gasteiger partial charge in [0.15, 0.2) is 0 Å². The van der Waals surface area contributed by atoms with Gasteiger partial charge in [-0.25, -0.2) is 15.0 Å². The Bertz CT molecular complexity index is 696. The lowest BCUT2D eigenvalue weighted by Gasteiger charge is -2.08. The van der Waals surface area contributed by atoms with E-state index in [2.05, 4.69) is 20.3 Å². The zero-order valence-corrected chi connectivity index (χ0v) is 10.3. The number of aryl methyl sites for hydroxylation is 1. The first-order valence-corrected chi connectivity index (χ1v) is 5.71. The van der Waals surface area contributed by atoms with Crippen molar-refractivity contribution < 1.29 is 0 Å². The number of rotatable bonds is 2. The number of imidazole rings is 1. The molecule has 0 aliphatic heterocycles. The van der Waals surface area contributed by atoms with Crippen LogP contribution in [-0.2, 0) is 7.05 Å². The highest BCUT2D eigenvalue weighted by Crippen LogP contribution is 2.22. The average Bonchev–Trinajstić information content (AvgIpc) is 2.71. The van der Waals surface area contributed by atoms with Crippen LogP contribution < -0.4 is 5.32 Å². The number of nitrogens with one attached hydrogen (secondary N) is 1. The number of anilines is 2. The molecular formula is C13H13N5. The van der Waals surface area contributed by atoms with Crippen molar-refractivity contribution in [3.63, 3.8) is 0 Å². The first kappa shape index (κ1) is 10.7. The van der Waals surface area contributed by atoms with Crippen LogP contribution >= 0.6 is 0 Å². The second-order valence-electron chi connectivity index (χ2n) is 4.11. The van der Waals surface area contributed by atoms with Gasteiger partial charge in [0.05, 0.1) is 11.7 Å². The van der Waals surface area contributed by atoms with Gasteiger partial charge in [-0.05, 0) is 19.1 Å². The molecule has 90 valence electrons. The van der Waals surface area contributed by atoms with Gasteiger partial charge in [0.2, 0.25) is 0 Å². The van der Waals surface area contributed by atoms with Gasteiger partial charge in [-0.3, -0.25) is 0 Å². The normalized spacial score (nSPS) is 10.8. The van der Waals surface area contributed by atoms with Crippen molar-refractivity contribution in [1.29, 1.82) is 0 Å². The molecule has 1 aromatic carbocycles. The van der Waals surface area contributed by atoms with E-state index in [0.717, 1.165) is 28.4 Å². The lowest BCUT2D eigenvalue weighted by atomic mass is 10.2. The summed E-state index contributed by atoms with van der Waals surface area (Å²) in [4.78, 5) is 12.8. The Labute approximate surface area is 105 Å². The molecule has 1 N–H and O–H groups in total. The maximum Gasteiger partial charge on any atom is 0.142 e. The van der Waals surface area contributed by atoms with Crippen molar-refractivity contribution in [2.45, 2.75) is 6.92 Å². The fourth-order valence-electron chi connectivity index (χ4n) is 1.84. The Morgan fingerprint density at radius 3 is 2.72 bits per heavy atom. The SMILES string of the molecule is Cc1ncc(Nc2ncnc3ccccc23)n1C. The number of para-hydroxylation sites is 1. The molecule has 5 heteroatoms. The monoisotopic (exact) mass is 239 g/mol. The molecule has 0 saturated carbocycles. The fraction of sp³-hybridized carbons (Fsp3) is 0.154. The molecule has 0 spiro atoms. The summed E-state index contributed by atoms with van der Waals surface area (Å²) < 4.78 is 1.98. The summed E-state index contributed by atoms with van der Waals surface area (Å²) in [6, 6.07) is 7.91. The Kier molecular flexibility index (Phi) is 2.44. The van der Waals surface area contributed by atoms with E-state index in [1.165, 1.54) is 0 Å². The first-order chi connectivity index (χ1) is 8.75. The third-order valence-electron chi connectivity index (χ3n) is 3.01. The van der Waals surface area contributed by atoms with E-state index in [0.29, 0.717) is 0 Å². The lowest BCUT2D eigenvalue weighted by Crippen LogP contribution is -2.01. The van der Waals surface area contributed by atoms with Crippen molar-refractivity contribution in [2.75, 3.05) is 5.32 Å². The van der Waals surface area contributed by atoms with Crippen LogP contribution in [0.4, 0.5) is 11.6 Å². The molecule has 0 atom stereocenters. The molecule has 0 radical (unpaired) electrons. The van der Waals surface area contributed by atoms with Gasteiger partial charge in [-0.1, -0.05) is 12.1 Å². The molecular weight excluding hydrogens is 226 g/mol. The van der Waals surface area contributed by atoms with Gasteiger partial charge in [-0.15, -0.1) is 0 Å². The summed E-state index contributed by atoms with van der Waals surface area (Å²) in [6.45, 7) is 1.96. The quantitative estimate of drug-likeness (QED) is 0.746. The Hall–Kier alpha value is -2.43.